The summed E-state index contributed by atoms with van der Waals surface area (Å²) >= 11 is 12.3. The molecular weight excluding hydrogens is 281 g/mol. The quantitative estimate of drug-likeness (QED) is 0.834. The van der Waals surface area contributed by atoms with Crippen LogP contribution in [-0.4, -0.2) is 9.97 Å². The van der Waals surface area contributed by atoms with Crippen molar-refractivity contribution in [3.63, 3.8) is 0 Å². The average molecular weight is 296 g/mol. The number of benzene rings is 1. The van der Waals surface area contributed by atoms with E-state index in [0.717, 1.165) is 23.2 Å². The summed E-state index contributed by atoms with van der Waals surface area (Å²) in [7, 11) is 0. The second-order valence-corrected chi connectivity index (χ2v) is 5.13. The van der Waals surface area contributed by atoms with Crippen molar-refractivity contribution in [3.05, 3.63) is 45.3 Å². The summed E-state index contributed by atoms with van der Waals surface area (Å²) in [6.07, 6.45) is 0.732. The van der Waals surface area contributed by atoms with Gasteiger partial charge in [0.25, 0.3) is 0 Å². The molecule has 3 nitrogen and oxygen atoms in total. The zero-order chi connectivity index (χ0) is 14.0. The number of aromatic nitrogens is 2. The van der Waals surface area contributed by atoms with Gasteiger partial charge in [-0.25, -0.2) is 9.97 Å². The first kappa shape index (κ1) is 14.1. The van der Waals surface area contributed by atoms with E-state index in [4.69, 9.17) is 23.2 Å². The van der Waals surface area contributed by atoms with Crippen LogP contribution in [0.3, 0.4) is 0 Å². The molecule has 0 saturated carbocycles. The van der Waals surface area contributed by atoms with Crippen molar-refractivity contribution in [1.29, 1.82) is 0 Å². The largest absolute Gasteiger partial charge is 0.339 e. The molecule has 1 N–H and O–H groups in total. The van der Waals surface area contributed by atoms with Gasteiger partial charge in [0.05, 0.1) is 10.7 Å². The molecule has 0 aliphatic carbocycles. The molecule has 0 radical (unpaired) electrons. The smallest absolute Gasteiger partial charge is 0.138 e. The fourth-order valence-corrected chi connectivity index (χ4v) is 2.03. The van der Waals surface area contributed by atoms with Gasteiger partial charge in [-0.3, -0.25) is 0 Å². The Hall–Kier alpha value is -1.32. The molecule has 2 aromatic rings. The third-order valence-corrected chi connectivity index (χ3v) is 3.52. The molecule has 0 atom stereocenters. The molecule has 1 heterocycles. The van der Waals surface area contributed by atoms with Gasteiger partial charge in [0, 0.05) is 12.0 Å². The lowest BCUT2D eigenvalue weighted by Crippen LogP contribution is -2.03. The van der Waals surface area contributed by atoms with Crippen LogP contribution in [0.5, 0.6) is 0 Å². The maximum Gasteiger partial charge on any atom is 0.138 e. The van der Waals surface area contributed by atoms with Crippen LogP contribution < -0.4 is 5.32 Å². The molecule has 0 bridgehead atoms. The Balaban J connectivity index is 2.42. The lowest BCUT2D eigenvalue weighted by atomic mass is 10.2. The van der Waals surface area contributed by atoms with Crippen LogP contribution in [0.2, 0.25) is 10.2 Å². The van der Waals surface area contributed by atoms with E-state index in [1.807, 2.05) is 39.0 Å². The van der Waals surface area contributed by atoms with Crippen molar-refractivity contribution in [3.8, 4) is 0 Å². The molecule has 0 fully saturated rings. The van der Waals surface area contributed by atoms with Crippen LogP contribution in [-0.2, 0) is 6.42 Å². The summed E-state index contributed by atoms with van der Waals surface area (Å²) in [5.41, 5.74) is 2.76. The lowest BCUT2D eigenvalue weighted by molar-refractivity contribution is 0.934. The van der Waals surface area contributed by atoms with Crippen LogP contribution in [0.4, 0.5) is 11.5 Å². The number of nitrogens with one attached hydrogen (secondary N) is 1. The molecule has 1 aromatic carbocycles. The summed E-state index contributed by atoms with van der Waals surface area (Å²) < 4.78 is 0. The van der Waals surface area contributed by atoms with Gasteiger partial charge < -0.3 is 5.32 Å². The summed E-state index contributed by atoms with van der Waals surface area (Å²) in [6.45, 7) is 5.89. The van der Waals surface area contributed by atoms with Crippen molar-refractivity contribution in [1.82, 2.24) is 9.97 Å². The molecule has 5 heteroatoms. The van der Waals surface area contributed by atoms with Crippen LogP contribution in [0.1, 0.15) is 23.9 Å². The summed E-state index contributed by atoms with van der Waals surface area (Å²) in [5.74, 6) is 1.41. The molecular formula is C14H15Cl2N3. The van der Waals surface area contributed by atoms with Crippen LogP contribution in [0.25, 0.3) is 0 Å². The molecule has 0 amide bonds. The minimum atomic E-state index is 0.470. The number of hydrogen-bond acceptors (Lipinski definition) is 3. The Morgan fingerprint density at radius 1 is 1.16 bits per heavy atom. The number of aryl methyl sites for hydroxylation is 2. The first-order valence-electron chi connectivity index (χ1n) is 6.07. The van der Waals surface area contributed by atoms with Crippen molar-refractivity contribution in [2.75, 3.05) is 5.32 Å². The second-order valence-electron chi connectivity index (χ2n) is 4.37. The highest BCUT2D eigenvalue weighted by atomic mass is 35.5. The Morgan fingerprint density at radius 2 is 1.89 bits per heavy atom. The third kappa shape index (κ3) is 3.17. The molecule has 0 saturated heterocycles. The summed E-state index contributed by atoms with van der Waals surface area (Å²) in [5, 5.41) is 4.35. The highest BCUT2D eigenvalue weighted by Gasteiger charge is 2.10. The number of halogens is 2. The minimum absolute atomic E-state index is 0.470. The minimum Gasteiger partial charge on any atom is -0.339 e. The zero-order valence-electron chi connectivity index (χ0n) is 11.1. The topological polar surface area (TPSA) is 37.8 Å². The second kappa shape index (κ2) is 5.76. The Labute approximate surface area is 123 Å². The molecule has 0 spiro atoms. The maximum atomic E-state index is 6.17. The van der Waals surface area contributed by atoms with Gasteiger partial charge >= 0.3 is 0 Å². The first-order chi connectivity index (χ1) is 9.01. The maximum absolute atomic E-state index is 6.17. The predicted molar refractivity (Wildman–Crippen MR) is 80.6 cm³/mol. The van der Waals surface area contributed by atoms with Gasteiger partial charge in [0.2, 0.25) is 0 Å². The molecule has 1 aromatic heterocycles. The molecule has 0 aliphatic heterocycles. The fraction of sp³-hybridized carbons (Fsp3) is 0.286. The van der Waals surface area contributed by atoms with E-state index in [-0.39, 0.29) is 0 Å². The van der Waals surface area contributed by atoms with E-state index < -0.39 is 0 Å². The number of hydrogen-bond donors (Lipinski definition) is 1. The van der Waals surface area contributed by atoms with Crippen LogP contribution in [0, 0.1) is 13.8 Å². The van der Waals surface area contributed by atoms with Crippen molar-refractivity contribution in [2.24, 2.45) is 0 Å². The predicted octanol–water partition coefficient (Wildman–Crippen LogP) is 4.71. The molecule has 0 aliphatic rings. The van der Waals surface area contributed by atoms with Crippen molar-refractivity contribution < 1.29 is 0 Å². The van der Waals surface area contributed by atoms with E-state index in [1.54, 1.807) is 0 Å². The molecule has 100 valence electrons. The SMILES string of the molecule is CCc1nc(Cl)c(C)c(Nc2cc(C)ccc2Cl)n1. The fourth-order valence-electron chi connectivity index (χ4n) is 1.68. The van der Waals surface area contributed by atoms with Crippen molar-refractivity contribution in [2.45, 2.75) is 27.2 Å². The van der Waals surface area contributed by atoms with Gasteiger partial charge in [-0.15, -0.1) is 0 Å². The van der Waals surface area contributed by atoms with Crippen LogP contribution >= 0.6 is 23.2 Å². The van der Waals surface area contributed by atoms with Crippen molar-refractivity contribution >= 4 is 34.7 Å². The number of nitrogens with zero attached hydrogens (tertiary/aromatic N) is 2. The van der Waals surface area contributed by atoms with Gasteiger partial charge in [-0.05, 0) is 31.5 Å². The molecule has 19 heavy (non-hydrogen) atoms. The van der Waals surface area contributed by atoms with E-state index in [0.29, 0.717) is 21.8 Å². The number of anilines is 2. The van der Waals surface area contributed by atoms with Gasteiger partial charge in [-0.1, -0.05) is 36.2 Å². The van der Waals surface area contributed by atoms with E-state index in [1.165, 1.54) is 0 Å². The van der Waals surface area contributed by atoms with E-state index >= 15 is 0 Å². The van der Waals surface area contributed by atoms with Gasteiger partial charge in [0.15, 0.2) is 0 Å². The van der Waals surface area contributed by atoms with Crippen LogP contribution in [0.15, 0.2) is 18.2 Å². The van der Waals surface area contributed by atoms with E-state index in [2.05, 4.69) is 15.3 Å². The first-order valence-corrected chi connectivity index (χ1v) is 6.83. The standard InChI is InChI=1S/C14H15Cl2N3/c1-4-12-18-13(16)9(3)14(19-12)17-11-7-8(2)5-6-10(11)15/h5-7H,4H2,1-3H3,(H,17,18,19). The summed E-state index contributed by atoms with van der Waals surface area (Å²) in [6, 6.07) is 5.80. The highest BCUT2D eigenvalue weighted by molar-refractivity contribution is 6.33. The number of rotatable bonds is 3. The van der Waals surface area contributed by atoms with Gasteiger partial charge in [-0.2, -0.15) is 0 Å². The highest BCUT2D eigenvalue weighted by Crippen LogP contribution is 2.28. The normalized spacial score (nSPS) is 10.6. The summed E-state index contributed by atoms with van der Waals surface area (Å²) in [4.78, 5) is 8.67. The lowest BCUT2D eigenvalue weighted by Gasteiger charge is -2.12. The average Bonchev–Trinajstić information content (AvgIpc) is 2.38. The third-order valence-electron chi connectivity index (χ3n) is 2.82. The Morgan fingerprint density at radius 3 is 2.58 bits per heavy atom. The Kier molecular flexibility index (Phi) is 4.27. The monoisotopic (exact) mass is 295 g/mol. The Bertz CT molecular complexity index is 612. The zero-order valence-corrected chi connectivity index (χ0v) is 12.6. The molecule has 2 rings (SSSR count). The van der Waals surface area contributed by atoms with Gasteiger partial charge in [0.1, 0.15) is 16.8 Å². The molecule has 0 unspecified atom stereocenters. The van der Waals surface area contributed by atoms with E-state index in [9.17, 15) is 0 Å².